The van der Waals surface area contributed by atoms with Crippen molar-refractivity contribution in [3.05, 3.63) is 112 Å². The lowest BCUT2D eigenvalue weighted by Crippen LogP contribution is -2.52. The molecule has 0 bridgehead atoms. The zero-order valence-corrected chi connectivity index (χ0v) is 47.2. The van der Waals surface area contributed by atoms with Crippen LogP contribution in [0.3, 0.4) is 0 Å². The number of primary amides is 2. The van der Waals surface area contributed by atoms with Crippen LogP contribution in [0.2, 0.25) is 0 Å². The predicted molar refractivity (Wildman–Crippen MR) is 309 cm³/mol. The average Bonchev–Trinajstić information content (AvgIpc) is 4.29. The van der Waals surface area contributed by atoms with Crippen LogP contribution in [0.1, 0.15) is 145 Å². The molecule has 15 nitrogen and oxygen atoms in total. The Morgan fingerprint density at radius 3 is 1.61 bits per heavy atom. The number of aromatic nitrogens is 5. The summed E-state index contributed by atoms with van der Waals surface area (Å²) < 4.78 is 4.61. The van der Waals surface area contributed by atoms with Crippen LogP contribution < -0.4 is 16.8 Å². The fourth-order valence-electron chi connectivity index (χ4n) is 12.7. The van der Waals surface area contributed by atoms with Crippen LogP contribution in [0.25, 0.3) is 22.5 Å². The van der Waals surface area contributed by atoms with Crippen LogP contribution >= 0.6 is 32.9 Å². The number of nitrogens with two attached hydrogens (primary N) is 2. The molecule has 3 aromatic heterocycles. The molecule has 18 heteroatoms. The van der Waals surface area contributed by atoms with Gasteiger partial charge >= 0.3 is 0 Å². The van der Waals surface area contributed by atoms with E-state index in [4.69, 9.17) is 21.4 Å². The molecule has 3 fully saturated rings. The fourth-order valence-corrected chi connectivity index (χ4v) is 16.1. The van der Waals surface area contributed by atoms with Crippen molar-refractivity contribution in [1.29, 1.82) is 0 Å². The number of amides is 2. The van der Waals surface area contributed by atoms with E-state index in [0.717, 1.165) is 97.8 Å². The van der Waals surface area contributed by atoms with Gasteiger partial charge in [-0.25, -0.2) is 15.0 Å². The molecule has 2 amide bonds. The highest BCUT2D eigenvalue weighted by atomic mass is 33.1. The molecule has 0 radical (unpaired) electrons. The molecule has 5 aromatic rings. The van der Waals surface area contributed by atoms with Gasteiger partial charge in [0.1, 0.15) is 22.2 Å². The second kappa shape index (κ2) is 26.2. The molecule has 1 saturated heterocycles. The Kier molecular flexibility index (Phi) is 18.8. The molecular weight excluding hydrogens is 1020 g/mol. The van der Waals surface area contributed by atoms with Crippen molar-refractivity contribution >= 4 is 56.3 Å². The SMILES string of the molecule is Cc1nc2c(s1)C(=O)C=C(NCCN1CCCCC1)C2=O.NC(=O)[C@H](CSSC[C@@H](C(N)=O)N1CCn2cc(-c3ccccc3)nc2[C@@H]1CC1CCCCC1)N1CCn2cc(-c3ccccc3)nc2[C@@H]1CC1CCCCC1. The van der Waals surface area contributed by atoms with Crippen molar-refractivity contribution in [2.75, 3.05) is 50.8 Å². The number of nitrogens with zero attached hydrogens (tertiary/aromatic N) is 8. The molecule has 77 heavy (non-hydrogen) atoms. The van der Waals surface area contributed by atoms with Gasteiger partial charge in [0.2, 0.25) is 17.6 Å². The normalized spacial score (nSPS) is 21.5. The summed E-state index contributed by atoms with van der Waals surface area (Å²) in [5, 5.41) is 3.87. The van der Waals surface area contributed by atoms with Crippen LogP contribution in [-0.2, 0) is 22.7 Å². The monoisotopic (exact) mass is 1100 g/mol. The Balaban J connectivity index is 0.000000267. The van der Waals surface area contributed by atoms with Crippen LogP contribution in [0.5, 0.6) is 0 Å². The zero-order chi connectivity index (χ0) is 53.3. The third-order valence-corrected chi connectivity index (χ3v) is 20.2. The summed E-state index contributed by atoms with van der Waals surface area (Å²) in [5.74, 6) is 3.50. The third-order valence-electron chi connectivity index (χ3n) is 16.8. The van der Waals surface area contributed by atoms with E-state index >= 15 is 0 Å². The van der Waals surface area contributed by atoms with Crippen molar-refractivity contribution in [2.45, 2.75) is 140 Å². The maximum Gasteiger partial charge on any atom is 0.235 e. The second-order valence-corrected chi connectivity index (χ2v) is 25.7. The first-order valence-corrected chi connectivity index (χ1v) is 31.7. The summed E-state index contributed by atoms with van der Waals surface area (Å²) in [6.45, 7) is 8.67. The number of hydrogen-bond donors (Lipinski definition) is 3. The van der Waals surface area contributed by atoms with Gasteiger partial charge in [0.25, 0.3) is 0 Å². The number of allylic oxidation sites excluding steroid dienone is 2. The van der Waals surface area contributed by atoms with E-state index in [1.807, 2.05) is 19.1 Å². The first-order valence-electron chi connectivity index (χ1n) is 28.4. The Bertz CT molecular complexity index is 2690. The van der Waals surface area contributed by atoms with Crippen LogP contribution in [0.15, 0.2) is 84.8 Å². The van der Waals surface area contributed by atoms with Gasteiger partial charge in [-0.05, 0) is 57.5 Å². The van der Waals surface area contributed by atoms with E-state index in [9.17, 15) is 19.2 Å². The fraction of sp³-hybridized carbons (Fsp3) is 0.542. The third kappa shape index (κ3) is 13.5. The summed E-state index contributed by atoms with van der Waals surface area (Å²) in [5.41, 5.74) is 17.4. The topological polar surface area (TPSA) is 191 Å². The molecule has 4 atom stereocenters. The van der Waals surface area contributed by atoms with Crippen molar-refractivity contribution in [1.82, 2.24) is 44.1 Å². The lowest BCUT2D eigenvalue weighted by molar-refractivity contribution is -0.125. The summed E-state index contributed by atoms with van der Waals surface area (Å²) in [6.07, 6.45) is 24.1. The Hall–Kier alpha value is -5.11. The number of Topliss-reactive ketones (excluding diaryl/α,β-unsaturated/α-hetero) is 1. The maximum absolute atomic E-state index is 13.4. The van der Waals surface area contributed by atoms with Crippen LogP contribution in [0.4, 0.5) is 0 Å². The van der Waals surface area contributed by atoms with Gasteiger partial charge in [0.05, 0.1) is 46.3 Å². The van der Waals surface area contributed by atoms with Gasteiger partial charge in [0, 0.05) is 80.4 Å². The molecule has 3 aliphatic carbocycles. The molecule has 3 aliphatic heterocycles. The molecule has 2 aromatic carbocycles. The van der Waals surface area contributed by atoms with Gasteiger partial charge in [0.15, 0.2) is 5.78 Å². The molecule has 0 unspecified atom stereocenters. The highest BCUT2D eigenvalue weighted by Crippen LogP contribution is 2.42. The Labute approximate surface area is 466 Å². The smallest absolute Gasteiger partial charge is 0.235 e. The second-order valence-electron chi connectivity index (χ2n) is 22.0. The van der Waals surface area contributed by atoms with Crippen molar-refractivity contribution in [2.24, 2.45) is 23.3 Å². The number of ketones is 2. The maximum atomic E-state index is 13.4. The number of nitrogens with one attached hydrogen (secondary N) is 1. The minimum Gasteiger partial charge on any atom is -0.380 e. The number of likely N-dealkylation sites (tertiary alicyclic amines) is 1. The summed E-state index contributed by atoms with van der Waals surface area (Å²) >= 11 is 1.29. The average molecular weight is 1100 g/mol. The molecule has 11 rings (SSSR count). The Morgan fingerprint density at radius 1 is 0.649 bits per heavy atom. The molecule has 6 heterocycles. The molecule has 410 valence electrons. The van der Waals surface area contributed by atoms with Gasteiger partial charge in [-0.15, -0.1) is 11.3 Å². The number of imidazole rings is 2. The quantitative estimate of drug-likeness (QED) is 0.0524. The first-order chi connectivity index (χ1) is 37.6. The number of carbonyl (C=O) groups excluding carboxylic acids is 4. The van der Waals surface area contributed by atoms with E-state index in [0.29, 0.717) is 46.2 Å². The largest absolute Gasteiger partial charge is 0.380 e. The minimum absolute atomic E-state index is 0.0178. The van der Waals surface area contributed by atoms with E-state index in [1.54, 1.807) is 21.6 Å². The molecular formula is C59H77N11O4S3. The molecule has 5 N–H and O–H groups in total. The van der Waals surface area contributed by atoms with Gasteiger partial charge in [-0.2, -0.15) is 0 Å². The van der Waals surface area contributed by atoms with E-state index in [1.165, 1.54) is 101 Å². The molecule has 0 spiro atoms. The van der Waals surface area contributed by atoms with E-state index in [2.05, 4.69) is 95.1 Å². The highest BCUT2D eigenvalue weighted by Gasteiger charge is 2.41. The highest BCUT2D eigenvalue weighted by molar-refractivity contribution is 8.76. The molecule has 6 aliphatic rings. The number of benzene rings is 2. The number of hydrogen-bond acceptors (Lipinski definition) is 14. The number of thiazole rings is 1. The van der Waals surface area contributed by atoms with Crippen molar-refractivity contribution < 1.29 is 19.2 Å². The predicted octanol–water partition coefficient (Wildman–Crippen LogP) is 9.65. The number of piperidine rings is 1. The van der Waals surface area contributed by atoms with Crippen LogP contribution in [-0.4, -0.2) is 125 Å². The van der Waals surface area contributed by atoms with Gasteiger partial charge in [-0.1, -0.05) is 153 Å². The minimum atomic E-state index is -0.448. The molecule has 2 saturated carbocycles. The standard InChI is InChI=1S/C44H58N8O2S2.C15H19N3O2S/c45-41(53)39(51-23-21-49-27-35(33-17-9-3-10-18-33)47-43(49)37(51)25-31-13-5-1-6-14-31)29-55-56-30-40(42(46)54)52-24-22-50-28-36(34-19-11-4-12-20-34)48-44(50)38(52)26-32-15-7-2-8-16-32;1-10-17-13-14(20)11(9-12(19)15(13)21-10)16-5-8-18-6-3-2-4-7-18/h3-4,9-12,17-20,27-28,31-32,37-40H,1-2,5-8,13-16,21-26,29-30H2,(H2,45,53)(H2,46,54);9,16H,2-8H2,1H3/t37-,38-,39-,40-;/m0./s1. The van der Waals surface area contributed by atoms with Gasteiger partial charge < -0.3 is 30.8 Å². The number of aryl methyl sites for hydroxylation is 1. The lowest BCUT2D eigenvalue weighted by Gasteiger charge is -2.42. The lowest BCUT2D eigenvalue weighted by atomic mass is 9.83. The number of rotatable bonds is 19. The summed E-state index contributed by atoms with van der Waals surface area (Å²) in [7, 11) is 3.28. The van der Waals surface area contributed by atoms with Crippen molar-refractivity contribution in [3.63, 3.8) is 0 Å². The summed E-state index contributed by atoms with van der Waals surface area (Å²) in [4.78, 5) is 73.2. The van der Waals surface area contributed by atoms with E-state index < -0.39 is 12.1 Å². The first kappa shape index (κ1) is 55.2. The summed E-state index contributed by atoms with van der Waals surface area (Å²) in [6, 6.07) is 19.9. The number of carbonyl (C=O) groups is 4. The van der Waals surface area contributed by atoms with Crippen molar-refractivity contribution in [3.8, 4) is 22.5 Å². The number of fused-ring (bicyclic) bond motifs is 3. The van der Waals surface area contributed by atoms with E-state index in [-0.39, 0.29) is 35.5 Å². The van der Waals surface area contributed by atoms with Crippen LogP contribution in [0, 0.1) is 18.8 Å². The van der Waals surface area contributed by atoms with Gasteiger partial charge in [-0.3, -0.25) is 29.0 Å². The zero-order valence-electron chi connectivity index (χ0n) is 44.7. The Morgan fingerprint density at radius 2 is 1.13 bits per heavy atom.